The van der Waals surface area contributed by atoms with Crippen LogP contribution in [-0.4, -0.2) is 37.5 Å². The molecule has 0 atom stereocenters. The molecule has 0 aliphatic rings. The van der Waals surface area contributed by atoms with Crippen molar-refractivity contribution >= 4 is 16.7 Å². The number of carbonyl (C=O) groups excluding carboxylic acids is 1. The number of aromatic nitrogens is 4. The van der Waals surface area contributed by atoms with Crippen LogP contribution in [0.25, 0.3) is 10.9 Å². The molecular formula is C23H24N4O2. The largest absolute Gasteiger partial charge is 0.396 e. The molecule has 4 rings (SSSR count). The van der Waals surface area contributed by atoms with Gasteiger partial charge in [0.25, 0.3) is 0 Å². The van der Waals surface area contributed by atoms with E-state index in [4.69, 9.17) is 5.11 Å². The topological polar surface area (TPSA) is 83.8 Å². The zero-order valence-corrected chi connectivity index (χ0v) is 16.2. The first-order valence-corrected chi connectivity index (χ1v) is 9.89. The van der Waals surface area contributed by atoms with Gasteiger partial charge in [0.1, 0.15) is 5.69 Å². The molecule has 2 aromatic carbocycles. The van der Waals surface area contributed by atoms with E-state index < -0.39 is 0 Å². The highest BCUT2D eigenvalue weighted by Gasteiger charge is 2.15. The molecule has 0 fully saturated rings. The number of unbranched alkanes of at least 4 members (excludes halogenated alkanes) is 1. The minimum atomic E-state index is -0.0205. The van der Waals surface area contributed by atoms with Crippen molar-refractivity contribution in [3.63, 3.8) is 0 Å². The van der Waals surface area contributed by atoms with E-state index in [1.165, 1.54) is 11.1 Å². The number of ketones is 1. The third kappa shape index (κ3) is 4.60. The minimum Gasteiger partial charge on any atom is -0.396 e. The number of nitrogens with zero attached hydrogens (tertiary/aromatic N) is 3. The van der Waals surface area contributed by atoms with Crippen LogP contribution >= 0.6 is 0 Å². The third-order valence-corrected chi connectivity index (χ3v) is 5.00. The second-order valence-corrected chi connectivity index (χ2v) is 7.26. The SMILES string of the molecule is O=C(Cc1cnn(Cc2cccc(CCCCO)c2)c1)c1n[nH]c2ccccc12. The Hall–Kier alpha value is -3.25. The number of aryl methyl sites for hydroxylation is 1. The zero-order valence-electron chi connectivity index (χ0n) is 16.2. The quantitative estimate of drug-likeness (QED) is 0.339. The van der Waals surface area contributed by atoms with Gasteiger partial charge in [-0.3, -0.25) is 14.6 Å². The fourth-order valence-corrected chi connectivity index (χ4v) is 3.54. The summed E-state index contributed by atoms with van der Waals surface area (Å²) in [6.45, 7) is 0.899. The summed E-state index contributed by atoms with van der Waals surface area (Å²) in [5, 5.41) is 21.3. The number of carbonyl (C=O) groups is 1. The van der Waals surface area contributed by atoms with Crippen molar-refractivity contribution in [1.82, 2.24) is 20.0 Å². The maximum atomic E-state index is 12.7. The molecule has 6 heteroatoms. The summed E-state index contributed by atoms with van der Waals surface area (Å²) in [5.74, 6) is -0.0205. The van der Waals surface area contributed by atoms with Gasteiger partial charge in [-0.15, -0.1) is 0 Å². The highest BCUT2D eigenvalue weighted by atomic mass is 16.2. The van der Waals surface area contributed by atoms with Gasteiger partial charge >= 0.3 is 0 Å². The summed E-state index contributed by atoms with van der Waals surface area (Å²) < 4.78 is 1.86. The molecule has 0 saturated heterocycles. The molecule has 148 valence electrons. The number of hydrogen-bond acceptors (Lipinski definition) is 4. The van der Waals surface area contributed by atoms with Crippen molar-refractivity contribution in [2.75, 3.05) is 6.61 Å². The highest BCUT2D eigenvalue weighted by molar-refractivity contribution is 6.06. The number of nitrogens with one attached hydrogen (secondary N) is 1. The van der Waals surface area contributed by atoms with Crippen LogP contribution < -0.4 is 0 Å². The second-order valence-electron chi connectivity index (χ2n) is 7.26. The molecule has 2 aromatic heterocycles. The van der Waals surface area contributed by atoms with Crippen LogP contribution in [0.1, 0.15) is 40.0 Å². The number of aliphatic hydroxyl groups excluding tert-OH is 1. The number of aliphatic hydroxyl groups is 1. The maximum absolute atomic E-state index is 12.7. The maximum Gasteiger partial charge on any atom is 0.188 e. The van der Waals surface area contributed by atoms with Crippen LogP contribution in [0.15, 0.2) is 60.9 Å². The van der Waals surface area contributed by atoms with Crippen LogP contribution in [0.2, 0.25) is 0 Å². The summed E-state index contributed by atoms with van der Waals surface area (Å²) in [4.78, 5) is 12.7. The van der Waals surface area contributed by atoms with Crippen molar-refractivity contribution in [3.05, 3.63) is 83.3 Å². The molecule has 0 aliphatic carbocycles. The molecule has 6 nitrogen and oxygen atoms in total. The predicted molar refractivity (Wildman–Crippen MR) is 112 cm³/mol. The third-order valence-electron chi connectivity index (χ3n) is 5.00. The van der Waals surface area contributed by atoms with Crippen molar-refractivity contribution in [1.29, 1.82) is 0 Å². The number of para-hydroxylation sites is 1. The van der Waals surface area contributed by atoms with E-state index in [1.54, 1.807) is 6.20 Å². The fraction of sp³-hybridized carbons (Fsp3) is 0.261. The van der Waals surface area contributed by atoms with Gasteiger partial charge in [0.05, 0.1) is 18.3 Å². The van der Waals surface area contributed by atoms with E-state index in [-0.39, 0.29) is 18.8 Å². The van der Waals surface area contributed by atoms with Gasteiger partial charge < -0.3 is 5.11 Å². The Kier molecular flexibility index (Phi) is 5.81. The van der Waals surface area contributed by atoms with Gasteiger partial charge in [-0.1, -0.05) is 42.5 Å². The molecule has 0 unspecified atom stereocenters. The average Bonchev–Trinajstić information content (AvgIpc) is 3.35. The average molecular weight is 388 g/mol. The van der Waals surface area contributed by atoms with E-state index in [2.05, 4.69) is 39.6 Å². The van der Waals surface area contributed by atoms with Gasteiger partial charge in [-0.05, 0) is 42.0 Å². The van der Waals surface area contributed by atoms with Crippen LogP contribution in [0, 0.1) is 0 Å². The Morgan fingerprint density at radius 1 is 1.03 bits per heavy atom. The summed E-state index contributed by atoms with van der Waals surface area (Å²) >= 11 is 0. The summed E-state index contributed by atoms with van der Waals surface area (Å²) in [7, 11) is 0. The van der Waals surface area contributed by atoms with E-state index in [1.807, 2.05) is 35.1 Å². The van der Waals surface area contributed by atoms with E-state index in [9.17, 15) is 4.79 Å². The van der Waals surface area contributed by atoms with Gasteiger partial charge in [-0.2, -0.15) is 10.2 Å². The van der Waals surface area contributed by atoms with E-state index >= 15 is 0 Å². The van der Waals surface area contributed by atoms with E-state index in [0.29, 0.717) is 12.2 Å². The monoisotopic (exact) mass is 388 g/mol. The Morgan fingerprint density at radius 2 is 1.90 bits per heavy atom. The lowest BCUT2D eigenvalue weighted by Crippen LogP contribution is -2.04. The van der Waals surface area contributed by atoms with Crippen LogP contribution in [0.3, 0.4) is 0 Å². The van der Waals surface area contributed by atoms with E-state index in [0.717, 1.165) is 35.7 Å². The number of H-pyrrole nitrogens is 1. The van der Waals surface area contributed by atoms with Crippen LogP contribution in [0.5, 0.6) is 0 Å². The Labute approximate surface area is 169 Å². The molecule has 0 spiro atoms. The smallest absolute Gasteiger partial charge is 0.188 e. The highest BCUT2D eigenvalue weighted by Crippen LogP contribution is 2.17. The molecule has 0 radical (unpaired) electrons. The van der Waals surface area contributed by atoms with Crippen LogP contribution in [-0.2, 0) is 19.4 Å². The first-order chi connectivity index (χ1) is 14.2. The number of rotatable bonds is 9. The Morgan fingerprint density at radius 3 is 2.79 bits per heavy atom. The Balaban J connectivity index is 1.41. The number of Topliss-reactive ketones (excluding diaryl/α,β-unsaturated/α-hetero) is 1. The molecule has 2 N–H and O–H groups in total. The molecular weight excluding hydrogens is 364 g/mol. The molecule has 4 aromatic rings. The normalized spacial score (nSPS) is 11.2. The molecule has 2 heterocycles. The van der Waals surface area contributed by atoms with Crippen molar-refractivity contribution < 1.29 is 9.90 Å². The minimum absolute atomic E-state index is 0.0205. The second kappa shape index (κ2) is 8.84. The first kappa shape index (κ1) is 19.1. The van der Waals surface area contributed by atoms with Crippen LogP contribution in [0.4, 0.5) is 0 Å². The number of hydrogen-bond donors (Lipinski definition) is 2. The lowest BCUT2D eigenvalue weighted by atomic mass is 10.1. The molecule has 0 aliphatic heterocycles. The predicted octanol–water partition coefficient (Wildman–Crippen LogP) is 3.55. The lowest BCUT2D eigenvalue weighted by molar-refractivity contribution is 0.0989. The number of aromatic amines is 1. The molecule has 0 saturated carbocycles. The van der Waals surface area contributed by atoms with Gasteiger partial charge in [0.2, 0.25) is 0 Å². The first-order valence-electron chi connectivity index (χ1n) is 9.89. The van der Waals surface area contributed by atoms with Gasteiger partial charge in [0.15, 0.2) is 5.78 Å². The van der Waals surface area contributed by atoms with Gasteiger partial charge in [0, 0.05) is 24.6 Å². The molecule has 0 amide bonds. The number of fused-ring (bicyclic) bond motifs is 1. The van der Waals surface area contributed by atoms with Gasteiger partial charge in [-0.25, -0.2) is 0 Å². The summed E-state index contributed by atoms with van der Waals surface area (Å²) in [6, 6.07) is 16.1. The summed E-state index contributed by atoms with van der Waals surface area (Å²) in [5.41, 5.74) is 4.66. The molecule has 0 bridgehead atoms. The molecule has 29 heavy (non-hydrogen) atoms. The Bertz CT molecular complexity index is 1110. The fourth-order valence-electron chi connectivity index (χ4n) is 3.54. The lowest BCUT2D eigenvalue weighted by Gasteiger charge is -2.05. The zero-order chi connectivity index (χ0) is 20.1. The summed E-state index contributed by atoms with van der Waals surface area (Å²) in [6.07, 6.45) is 6.71. The number of benzene rings is 2. The van der Waals surface area contributed by atoms with Crippen molar-refractivity contribution in [2.45, 2.75) is 32.2 Å². The standard InChI is InChI=1S/C23H24N4O2/c28-11-4-3-6-17-7-5-8-18(12-17)15-27-16-19(14-24-27)13-22(29)23-20-9-1-2-10-21(20)25-26-23/h1-2,5,7-10,12,14,16,28H,3-4,6,11,13,15H2,(H,25,26). The van der Waals surface area contributed by atoms with Crippen molar-refractivity contribution in [2.24, 2.45) is 0 Å². The van der Waals surface area contributed by atoms with Crippen molar-refractivity contribution in [3.8, 4) is 0 Å².